The number of aromatic nitrogens is 1. The van der Waals surface area contributed by atoms with E-state index in [0.29, 0.717) is 5.41 Å². The molecular formula is C15H25N3OS. The minimum Gasteiger partial charge on any atom is -0.379 e. The second-order valence-corrected chi connectivity index (χ2v) is 7.14. The Labute approximate surface area is 125 Å². The summed E-state index contributed by atoms with van der Waals surface area (Å²) in [4.78, 5) is 9.56. The van der Waals surface area contributed by atoms with Crippen LogP contribution in [-0.2, 0) is 11.3 Å². The molecule has 1 unspecified atom stereocenters. The molecule has 112 valence electrons. The van der Waals surface area contributed by atoms with Crippen molar-refractivity contribution in [1.29, 1.82) is 0 Å². The number of likely N-dealkylation sites (tertiary alicyclic amines) is 1. The largest absolute Gasteiger partial charge is 0.379 e. The van der Waals surface area contributed by atoms with E-state index >= 15 is 0 Å². The highest BCUT2D eigenvalue weighted by atomic mass is 32.1. The highest BCUT2D eigenvalue weighted by Crippen LogP contribution is 2.33. The van der Waals surface area contributed by atoms with Crippen LogP contribution in [0.5, 0.6) is 0 Å². The number of likely N-dealkylation sites (N-methyl/N-ethyl adjacent to an activating group) is 1. The Morgan fingerprint density at radius 3 is 3.05 bits per heavy atom. The van der Waals surface area contributed by atoms with Crippen molar-refractivity contribution < 1.29 is 4.74 Å². The summed E-state index contributed by atoms with van der Waals surface area (Å²) in [5, 5.41) is 3.31. The zero-order valence-corrected chi connectivity index (χ0v) is 13.2. The Morgan fingerprint density at radius 2 is 2.25 bits per heavy atom. The fourth-order valence-electron chi connectivity index (χ4n) is 3.57. The zero-order chi connectivity index (χ0) is 13.8. The SMILES string of the molecule is CCN1CCOCC2(CCCN(Cc3nccs3)C2)C1. The van der Waals surface area contributed by atoms with Gasteiger partial charge in [0.2, 0.25) is 0 Å². The first-order chi connectivity index (χ1) is 9.80. The Morgan fingerprint density at radius 1 is 1.35 bits per heavy atom. The normalized spacial score (nSPS) is 29.6. The zero-order valence-electron chi connectivity index (χ0n) is 12.4. The number of rotatable bonds is 3. The maximum atomic E-state index is 5.92. The first-order valence-electron chi connectivity index (χ1n) is 7.70. The monoisotopic (exact) mass is 295 g/mol. The van der Waals surface area contributed by atoms with E-state index < -0.39 is 0 Å². The van der Waals surface area contributed by atoms with Gasteiger partial charge in [0.1, 0.15) is 5.01 Å². The van der Waals surface area contributed by atoms with Crippen LogP contribution in [0.1, 0.15) is 24.8 Å². The fourth-order valence-corrected chi connectivity index (χ4v) is 4.22. The molecule has 3 rings (SSSR count). The van der Waals surface area contributed by atoms with Crippen LogP contribution in [0.2, 0.25) is 0 Å². The molecule has 0 saturated carbocycles. The Hall–Kier alpha value is -0.490. The van der Waals surface area contributed by atoms with E-state index in [2.05, 4.69) is 27.1 Å². The molecule has 4 nitrogen and oxygen atoms in total. The molecule has 2 aliphatic heterocycles. The van der Waals surface area contributed by atoms with Crippen LogP contribution >= 0.6 is 11.3 Å². The van der Waals surface area contributed by atoms with Gasteiger partial charge in [0.05, 0.1) is 19.8 Å². The van der Waals surface area contributed by atoms with Gasteiger partial charge < -0.3 is 9.64 Å². The van der Waals surface area contributed by atoms with Gasteiger partial charge in [-0.2, -0.15) is 0 Å². The lowest BCUT2D eigenvalue weighted by Gasteiger charge is -2.43. The third kappa shape index (κ3) is 3.39. The van der Waals surface area contributed by atoms with E-state index in [1.54, 1.807) is 11.3 Å². The van der Waals surface area contributed by atoms with E-state index in [0.717, 1.165) is 39.4 Å². The molecule has 5 heteroatoms. The number of hydrogen-bond donors (Lipinski definition) is 0. The van der Waals surface area contributed by atoms with E-state index in [-0.39, 0.29) is 0 Å². The number of ether oxygens (including phenoxy) is 1. The molecule has 20 heavy (non-hydrogen) atoms. The number of hydrogen-bond acceptors (Lipinski definition) is 5. The van der Waals surface area contributed by atoms with Crippen molar-refractivity contribution in [2.45, 2.75) is 26.3 Å². The predicted molar refractivity (Wildman–Crippen MR) is 82.0 cm³/mol. The maximum absolute atomic E-state index is 5.92. The highest BCUT2D eigenvalue weighted by molar-refractivity contribution is 7.09. The Kier molecular flexibility index (Phi) is 4.71. The molecule has 0 N–H and O–H groups in total. The third-order valence-corrected chi connectivity index (χ3v) is 5.31. The number of thiazole rings is 1. The quantitative estimate of drug-likeness (QED) is 0.853. The molecule has 2 aliphatic rings. The van der Waals surface area contributed by atoms with Crippen LogP contribution < -0.4 is 0 Å². The van der Waals surface area contributed by atoms with Gasteiger partial charge in [-0.1, -0.05) is 6.92 Å². The highest BCUT2D eigenvalue weighted by Gasteiger charge is 2.38. The van der Waals surface area contributed by atoms with E-state index in [1.165, 1.54) is 30.9 Å². The predicted octanol–water partition coefficient (Wildman–Crippen LogP) is 2.08. The van der Waals surface area contributed by atoms with Crippen LogP contribution in [0.25, 0.3) is 0 Å². The average molecular weight is 295 g/mol. The summed E-state index contributed by atoms with van der Waals surface area (Å²) < 4.78 is 5.92. The standard InChI is InChI=1S/C15H25N3OS/c1-2-17-7-8-19-13-15(11-17)4-3-6-18(12-15)10-14-16-5-9-20-14/h5,9H,2-4,6-8,10-13H2,1H3. The van der Waals surface area contributed by atoms with Crippen LogP contribution in [0.15, 0.2) is 11.6 Å². The summed E-state index contributed by atoms with van der Waals surface area (Å²) in [5.41, 5.74) is 0.335. The molecule has 2 saturated heterocycles. The lowest BCUT2D eigenvalue weighted by atomic mass is 9.80. The average Bonchev–Trinajstić information content (AvgIpc) is 2.88. The van der Waals surface area contributed by atoms with Gasteiger partial charge in [0.15, 0.2) is 0 Å². The van der Waals surface area contributed by atoms with Gasteiger partial charge in [0, 0.05) is 36.6 Å². The number of piperidine rings is 1. The van der Waals surface area contributed by atoms with Crippen molar-refractivity contribution in [1.82, 2.24) is 14.8 Å². The minimum absolute atomic E-state index is 0.335. The van der Waals surface area contributed by atoms with Crippen molar-refractivity contribution in [3.05, 3.63) is 16.6 Å². The van der Waals surface area contributed by atoms with Gasteiger partial charge in [-0.25, -0.2) is 4.98 Å². The second-order valence-electron chi connectivity index (χ2n) is 6.16. The Balaban J connectivity index is 1.66. The molecule has 0 amide bonds. The van der Waals surface area contributed by atoms with E-state index in [4.69, 9.17) is 4.74 Å². The lowest BCUT2D eigenvalue weighted by molar-refractivity contribution is 0.00332. The molecule has 2 fully saturated rings. The molecule has 0 aliphatic carbocycles. The van der Waals surface area contributed by atoms with Gasteiger partial charge >= 0.3 is 0 Å². The van der Waals surface area contributed by atoms with Crippen molar-refractivity contribution >= 4 is 11.3 Å². The molecular weight excluding hydrogens is 270 g/mol. The molecule has 1 spiro atoms. The molecule has 1 atom stereocenters. The van der Waals surface area contributed by atoms with Crippen LogP contribution in [0, 0.1) is 5.41 Å². The second kappa shape index (κ2) is 6.52. The maximum Gasteiger partial charge on any atom is 0.107 e. The van der Waals surface area contributed by atoms with Gasteiger partial charge in [-0.05, 0) is 25.9 Å². The van der Waals surface area contributed by atoms with Crippen molar-refractivity contribution in [2.24, 2.45) is 5.41 Å². The molecule has 3 heterocycles. The first-order valence-corrected chi connectivity index (χ1v) is 8.58. The topological polar surface area (TPSA) is 28.6 Å². The van der Waals surface area contributed by atoms with Gasteiger partial charge in [0.25, 0.3) is 0 Å². The van der Waals surface area contributed by atoms with Crippen molar-refractivity contribution in [2.75, 3.05) is 45.9 Å². The summed E-state index contributed by atoms with van der Waals surface area (Å²) in [6.07, 6.45) is 4.50. The lowest BCUT2D eigenvalue weighted by Crippen LogP contribution is -2.50. The van der Waals surface area contributed by atoms with Crippen molar-refractivity contribution in [3.63, 3.8) is 0 Å². The number of nitrogens with zero attached hydrogens (tertiary/aromatic N) is 3. The molecule has 1 aromatic heterocycles. The summed E-state index contributed by atoms with van der Waals surface area (Å²) in [5.74, 6) is 0. The summed E-state index contributed by atoms with van der Waals surface area (Å²) in [6.45, 7) is 10.9. The molecule has 1 aromatic rings. The molecule has 0 aromatic carbocycles. The summed E-state index contributed by atoms with van der Waals surface area (Å²) >= 11 is 1.77. The smallest absolute Gasteiger partial charge is 0.107 e. The summed E-state index contributed by atoms with van der Waals surface area (Å²) in [7, 11) is 0. The van der Waals surface area contributed by atoms with E-state index in [1.807, 2.05) is 6.20 Å². The van der Waals surface area contributed by atoms with Gasteiger partial charge in [-0.15, -0.1) is 11.3 Å². The van der Waals surface area contributed by atoms with Crippen LogP contribution in [0.3, 0.4) is 0 Å². The first kappa shape index (κ1) is 14.4. The van der Waals surface area contributed by atoms with Crippen LogP contribution in [0.4, 0.5) is 0 Å². The van der Waals surface area contributed by atoms with Gasteiger partial charge in [-0.3, -0.25) is 4.90 Å². The molecule has 0 radical (unpaired) electrons. The third-order valence-electron chi connectivity index (χ3n) is 4.55. The summed E-state index contributed by atoms with van der Waals surface area (Å²) in [6, 6.07) is 0. The minimum atomic E-state index is 0.335. The van der Waals surface area contributed by atoms with E-state index in [9.17, 15) is 0 Å². The van der Waals surface area contributed by atoms with Crippen LogP contribution in [-0.4, -0.2) is 60.7 Å². The Bertz CT molecular complexity index is 411. The fraction of sp³-hybridized carbons (Fsp3) is 0.800. The van der Waals surface area contributed by atoms with Crippen molar-refractivity contribution in [3.8, 4) is 0 Å². The molecule has 0 bridgehead atoms.